The molecular weight excluding hydrogens is 262 g/mol. The number of piperidine rings is 1. The van der Waals surface area contributed by atoms with Gasteiger partial charge in [0, 0.05) is 55.4 Å². The molecule has 1 aliphatic rings. The molecular formula is C17H29N3O. The quantitative estimate of drug-likeness (QED) is 0.925. The van der Waals surface area contributed by atoms with Gasteiger partial charge < -0.3 is 15.0 Å². The number of ether oxygens (including phenoxy) is 1. The van der Waals surface area contributed by atoms with E-state index in [0.717, 1.165) is 31.7 Å². The number of rotatable bonds is 4. The van der Waals surface area contributed by atoms with Crippen molar-refractivity contribution in [2.24, 2.45) is 0 Å². The molecule has 0 radical (unpaired) electrons. The van der Waals surface area contributed by atoms with Crippen molar-refractivity contribution in [3.8, 4) is 0 Å². The van der Waals surface area contributed by atoms with Gasteiger partial charge in [-0.15, -0.1) is 0 Å². The molecule has 21 heavy (non-hydrogen) atoms. The Morgan fingerprint density at radius 1 is 1.43 bits per heavy atom. The van der Waals surface area contributed by atoms with Crippen LogP contribution in [-0.2, 0) is 11.3 Å². The first-order valence-corrected chi connectivity index (χ1v) is 7.87. The van der Waals surface area contributed by atoms with Crippen LogP contribution >= 0.6 is 0 Å². The van der Waals surface area contributed by atoms with Gasteiger partial charge in [0.1, 0.15) is 0 Å². The van der Waals surface area contributed by atoms with E-state index in [9.17, 15) is 0 Å². The minimum atomic E-state index is 0.110. The van der Waals surface area contributed by atoms with Gasteiger partial charge in [-0.3, -0.25) is 4.98 Å². The van der Waals surface area contributed by atoms with E-state index < -0.39 is 0 Å². The fourth-order valence-electron chi connectivity index (χ4n) is 2.71. The number of hydrogen-bond donors (Lipinski definition) is 1. The van der Waals surface area contributed by atoms with Gasteiger partial charge in [-0.25, -0.2) is 0 Å². The summed E-state index contributed by atoms with van der Waals surface area (Å²) >= 11 is 0. The van der Waals surface area contributed by atoms with E-state index in [0.29, 0.717) is 6.10 Å². The third kappa shape index (κ3) is 4.68. The first-order chi connectivity index (χ1) is 9.89. The molecule has 1 aromatic rings. The molecule has 0 saturated carbocycles. The fourth-order valence-corrected chi connectivity index (χ4v) is 2.71. The smallest absolute Gasteiger partial charge is 0.0746 e. The number of nitrogens with zero attached hydrogens (tertiary/aromatic N) is 2. The van der Waals surface area contributed by atoms with E-state index in [4.69, 9.17) is 4.74 Å². The normalized spacial score (nSPS) is 19.9. The van der Waals surface area contributed by atoms with Crippen molar-refractivity contribution in [3.05, 3.63) is 23.5 Å². The van der Waals surface area contributed by atoms with Crippen LogP contribution in [0.5, 0.6) is 0 Å². The van der Waals surface area contributed by atoms with Crippen LogP contribution in [0.4, 0.5) is 5.69 Å². The molecule has 0 bridgehead atoms. The molecule has 4 nitrogen and oxygen atoms in total. The zero-order valence-corrected chi connectivity index (χ0v) is 14.1. The molecule has 1 fully saturated rings. The van der Waals surface area contributed by atoms with Gasteiger partial charge in [0.05, 0.1) is 6.10 Å². The number of aryl methyl sites for hydroxylation is 1. The predicted molar refractivity (Wildman–Crippen MR) is 87.8 cm³/mol. The van der Waals surface area contributed by atoms with E-state index in [1.54, 1.807) is 0 Å². The van der Waals surface area contributed by atoms with Crippen LogP contribution in [0.3, 0.4) is 0 Å². The maximum Gasteiger partial charge on any atom is 0.0746 e. The fraction of sp³-hybridized carbons (Fsp3) is 0.706. The average Bonchev–Trinajstić information content (AvgIpc) is 2.45. The SMILES string of the molecule is COC1CCCN(c2cc(C)ncc2CNC(C)(C)C)C1. The van der Waals surface area contributed by atoms with Crippen LogP contribution in [0.15, 0.2) is 12.3 Å². The third-order valence-electron chi connectivity index (χ3n) is 3.96. The van der Waals surface area contributed by atoms with Crippen molar-refractivity contribution in [3.63, 3.8) is 0 Å². The number of nitrogens with one attached hydrogen (secondary N) is 1. The highest BCUT2D eigenvalue weighted by Gasteiger charge is 2.22. The van der Waals surface area contributed by atoms with E-state index >= 15 is 0 Å². The number of hydrogen-bond acceptors (Lipinski definition) is 4. The molecule has 4 heteroatoms. The summed E-state index contributed by atoms with van der Waals surface area (Å²) in [5.41, 5.74) is 3.76. The van der Waals surface area contributed by atoms with Crippen LogP contribution in [0.2, 0.25) is 0 Å². The maximum absolute atomic E-state index is 5.55. The Morgan fingerprint density at radius 2 is 2.19 bits per heavy atom. The minimum absolute atomic E-state index is 0.110. The summed E-state index contributed by atoms with van der Waals surface area (Å²) in [5.74, 6) is 0. The van der Waals surface area contributed by atoms with Gasteiger partial charge >= 0.3 is 0 Å². The van der Waals surface area contributed by atoms with Gasteiger partial charge in [-0.05, 0) is 46.6 Å². The number of aromatic nitrogens is 1. The van der Waals surface area contributed by atoms with Crippen molar-refractivity contribution >= 4 is 5.69 Å². The van der Waals surface area contributed by atoms with Crippen molar-refractivity contribution < 1.29 is 4.74 Å². The lowest BCUT2D eigenvalue weighted by molar-refractivity contribution is 0.0893. The molecule has 1 aromatic heterocycles. The Morgan fingerprint density at radius 3 is 2.86 bits per heavy atom. The zero-order chi connectivity index (χ0) is 15.5. The molecule has 0 spiro atoms. The van der Waals surface area contributed by atoms with Crippen molar-refractivity contribution in [1.29, 1.82) is 0 Å². The second kappa shape index (κ2) is 6.75. The van der Waals surface area contributed by atoms with Crippen LogP contribution in [0, 0.1) is 6.92 Å². The highest BCUT2D eigenvalue weighted by atomic mass is 16.5. The molecule has 1 aliphatic heterocycles. The molecule has 2 rings (SSSR count). The van der Waals surface area contributed by atoms with Gasteiger partial charge in [0.15, 0.2) is 0 Å². The lowest BCUT2D eigenvalue weighted by atomic mass is 10.0. The first kappa shape index (κ1) is 16.2. The second-order valence-electron chi connectivity index (χ2n) is 7.00. The molecule has 2 heterocycles. The van der Waals surface area contributed by atoms with Crippen LogP contribution in [0.25, 0.3) is 0 Å². The summed E-state index contributed by atoms with van der Waals surface area (Å²) in [4.78, 5) is 6.93. The summed E-state index contributed by atoms with van der Waals surface area (Å²) in [5, 5.41) is 3.56. The Balaban J connectivity index is 2.18. The van der Waals surface area contributed by atoms with Crippen molar-refractivity contribution in [2.75, 3.05) is 25.1 Å². The van der Waals surface area contributed by atoms with Crippen molar-refractivity contribution in [2.45, 2.75) is 58.7 Å². The zero-order valence-electron chi connectivity index (χ0n) is 14.1. The monoisotopic (exact) mass is 291 g/mol. The van der Waals surface area contributed by atoms with Crippen LogP contribution < -0.4 is 10.2 Å². The lowest BCUT2D eigenvalue weighted by Gasteiger charge is -2.35. The van der Waals surface area contributed by atoms with Gasteiger partial charge in [0.2, 0.25) is 0 Å². The predicted octanol–water partition coefficient (Wildman–Crippen LogP) is 2.89. The summed E-state index contributed by atoms with van der Waals surface area (Å²) in [7, 11) is 1.81. The summed E-state index contributed by atoms with van der Waals surface area (Å²) in [6, 6.07) is 2.21. The maximum atomic E-state index is 5.55. The third-order valence-corrected chi connectivity index (χ3v) is 3.96. The number of pyridine rings is 1. The average molecular weight is 291 g/mol. The minimum Gasteiger partial charge on any atom is -0.380 e. The number of methoxy groups -OCH3 is 1. The molecule has 1 N–H and O–H groups in total. The summed E-state index contributed by atoms with van der Waals surface area (Å²) < 4.78 is 5.55. The molecule has 1 saturated heterocycles. The molecule has 1 unspecified atom stereocenters. The molecule has 0 aliphatic carbocycles. The Kier molecular flexibility index (Phi) is 5.22. The van der Waals surface area contributed by atoms with Gasteiger partial charge in [-0.2, -0.15) is 0 Å². The van der Waals surface area contributed by atoms with E-state index in [1.807, 2.05) is 13.3 Å². The standard InChI is InChI=1S/C17H29N3O/c1-13-9-16(20-8-6-7-15(12-20)21-5)14(10-18-13)11-19-17(2,3)4/h9-10,15,19H,6-8,11-12H2,1-5H3. The lowest BCUT2D eigenvalue weighted by Crippen LogP contribution is -2.40. The molecule has 0 amide bonds. The molecule has 118 valence electrons. The molecule has 0 aromatic carbocycles. The largest absolute Gasteiger partial charge is 0.380 e. The van der Waals surface area contributed by atoms with E-state index in [-0.39, 0.29) is 5.54 Å². The molecule has 1 atom stereocenters. The van der Waals surface area contributed by atoms with E-state index in [2.05, 4.69) is 49.0 Å². The Bertz CT molecular complexity index is 468. The highest BCUT2D eigenvalue weighted by molar-refractivity contribution is 5.54. The van der Waals surface area contributed by atoms with Crippen molar-refractivity contribution in [1.82, 2.24) is 10.3 Å². The van der Waals surface area contributed by atoms with Crippen LogP contribution in [-0.4, -0.2) is 36.8 Å². The first-order valence-electron chi connectivity index (χ1n) is 7.87. The van der Waals surface area contributed by atoms with E-state index in [1.165, 1.54) is 17.7 Å². The topological polar surface area (TPSA) is 37.4 Å². The van der Waals surface area contributed by atoms with Gasteiger partial charge in [0.25, 0.3) is 0 Å². The Hall–Kier alpha value is -1.13. The number of anilines is 1. The second-order valence-corrected chi connectivity index (χ2v) is 7.00. The highest BCUT2D eigenvalue weighted by Crippen LogP contribution is 2.25. The summed E-state index contributed by atoms with van der Waals surface area (Å²) in [6.45, 7) is 11.6. The Labute approximate surface area is 128 Å². The summed E-state index contributed by atoms with van der Waals surface area (Å²) in [6.07, 6.45) is 4.70. The van der Waals surface area contributed by atoms with Crippen LogP contribution in [0.1, 0.15) is 44.9 Å². The van der Waals surface area contributed by atoms with Gasteiger partial charge in [-0.1, -0.05) is 0 Å².